The number of nitriles is 1. The Balaban J connectivity index is 1.95. The van der Waals surface area contributed by atoms with Crippen LogP contribution in [-0.4, -0.2) is 18.5 Å². The molecular weight excluding hydrogens is 221 g/mol. The maximum Gasteiger partial charge on any atom is 0.220 e. The molecule has 4 nitrogen and oxygen atoms in total. The van der Waals surface area contributed by atoms with Crippen LogP contribution in [0.15, 0.2) is 18.2 Å². The molecule has 1 aliphatic rings. The number of hydrogen-bond donors (Lipinski definition) is 2. The van der Waals surface area contributed by atoms with E-state index in [1.165, 1.54) is 12.1 Å². The van der Waals surface area contributed by atoms with Crippen LogP contribution in [0.25, 0.3) is 0 Å². The molecule has 1 aromatic rings. The van der Waals surface area contributed by atoms with Crippen LogP contribution in [0.5, 0.6) is 0 Å². The number of benzene rings is 1. The molecule has 2 N–H and O–H groups in total. The lowest BCUT2D eigenvalue weighted by Gasteiger charge is -2.12. The molecule has 1 fully saturated rings. The van der Waals surface area contributed by atoms with E-state index in [4.69, 9.17) is 5.26 Å². The van der Waals surface area contributed by atoms with Crippen LogP contribution in [0, 0.1) is 17.1 Å². The normalized spacial score (nSPS) is 18.6. The van der Waals surface area contributed by atoms with Crippen LogP contribution >= 0.6 is 0 Å². The first-order valence-corrected chi connectivity index (χ1v) is 5.42. The molecule has 0 aliphatic carbocycles. The Labute approximate surface area is 98.4 Å². The summed E-state index contributed by atoms with van der Waals surface area (Å²) in [6.07, 6.45) is 1.30. The quantitative estimate of drug-likeness (QED) is 0.829. The molecule has 1 saturated heterocycles. The van der Waals surface area contributed by atoms with Crippen molar-refractivity contribution in [2.24, 2.45) is 0 Å². The molecule has 1 amide bonds. The van der Waals surface area contributed by atoms with Gasteiger partial charge in [0.05, 0.1) is 17.3 Å². The number of halogens is 1. The minimum Gasteiger partial charge on any atom is -0.381 e. The van der Waals surface area contributed by atoms with Gasteiger partial charge >= 0.3 is 0 Å². The summed E-state index contributed by atoms with van der Waals surface area (Å²) in [7, 11) is 0. The van der Waals surface area contributed by atoms with Crippen molar-refractivity contribution < 1.29 is 9.18 Å². The fraction of sp³-hybridized carbons (Fsp3) is 0.333. The summed E-state index contributed by atoms with van der Waals surface area (Å²) in [5.41, 5.74) is 0.646. The van der Waals surface area contributed by atoms with Crippen LogP contribution in [0.2, 0.25) is 0 Å². The zero-order chi connectivity index (χ0) is 12.3. The third kappa shape index (κ3) is 2.72. The van der Waals surface area contributed by atoms with Gasteiger partial charge in [-0.2, -0.15) is 5.26 Å². The third-order valence-electron chi connectivity index (χ3n) is 2.72. The highest BCUT2D eigenvalue weighted by Crippen LogP contribution is 2.16. The summed E-state index contributed by atoms with van der Waals surface area (Å²) in [6.45, 7) is 0.495. The second-order valence-electron chi connectivity index (χ2n) is 3.99. The predicted octanol–water partition coefficient (Wildman–Crippen LogP) is 1.39. The highest BCUT2D eigenvalue weighted by Gasteiger charge is 2.20. The van der Waals surface area contributed by atoms with Gasteiger partial charge in [0.1, 0.15) is 5.82 Å². The second kappa shape index (κ2) is 4.83. The summed E-state index contributed by atoms with van der Waals surface area (Å²) in [5.74, 6) is -0.412. The number of hydrogen-bond acceptors (Lipinski definition) is 3. The van der Waals surface area contributed by atoms with Crippen molar-refractivity contribution in [2.45, 2.75) is 18.9 Å². The Bertz CT molecular complexity index is 481. The number of anilines is 1. The maximum absolute atomic E-state index is 13.5. The fourth-order valence-electron chi connectivity index (χ4n) is 1.79. The first-order valence-electron chi connectivity index (χ1n) is 5.42. The number of nitrogens with zero attached hydrogens (tertiary/aromatic N) is 1. The Kier molecular flexibility index (Phi) is 3.24. The molecule has 0 aromatic heterocycles. The van der Waals surface area contributed by atoms with E-state index < -0.39 is 5.82 Å². The van der Waals surface area contributed by atoms with Crippen LogP contribution < -0.4 is 10.6 Å². The largest absolute Gasteiger partial charge is 0.381 e. The molecule has 0 bridgehead atoms. The second-order valence-corrected chi connectivity index (χ2v) is 3.99. The van der Waals surface area contributed by atoms with Crippen LogP contribution in [0.3, 0.4) is 0 Å². The van der Waals surface area contributed by atoms with E-state index in [0.717, 1.165) is 6.42 Å². The molecule has 1 unspecified atom stereocenters. The van der Waals surface area contributed by atoms with Gasteiger partial charge in [0, 0.05) is 19.0 Å². The summed E-state index contributed by atoms with van der Waals surface area (Å²) in [5, 5.41) is 14.3. The molecule has 0 saturated carbocycles. The number of rotatable bonds is 3. The van der Waals surface area contributed by atoms with E-state index in [1.807, 2.05) is 6.07 Å². The summed E-state index contributed by atoms with van der Waals surface area (Å²) >= 11 is 0. The number of carbonyl (C=O) groups excluding carboxylic acids is 1. The van der Waals surface area contributed by atoms with Gasteiger partial charge in [0.25, 0.3) is 0 Å². The Hall–Kier alpha value is -2.09. The third-order valence-corrected chi connectivity index (χ3v) is 2.72. The van der Waals surface area contributed by atoms with Gasteiger partial charge in [-0.1, -0.05) is 0 Å². The lowest BCUT2D eigenvalue weighted by Crippen LogP contribution is -2.31. The molecular formula is C12H12FN3O. The van der Waals surface area contributed by atoms with Crippen molar-refractivity contribution in [3.8, 4) is 6.07 Å². The monoisotopic (exact) mass is 233 g/mol. The molecule has 5 heteroatoms. The van der Waals surface area contributed by atoms with E-state index in [1.54, 1.807) is 6.07 Å². The van der Waals surface area contributed by atoms with E-state index in [2.05, 4.69) is 10.6 Å². The molecule has 0 spiro atoms. The highest BCUT2D eigenvalue weighted by molar-refractivity contribution is 5.78. The zero-order valence-corrected chi connectivity index (χ0v) is 9.16. The van der Waals surface area contributed by atoms with Gasteiger partial charge in [-0.3, -0.25) is 4.79 Å². The molecule has 2 rings (SSSR count). The first-order chi connectivity index (χ1) is 8.19. The number of amides is 1. The zero-order valence-electron chi connectivity index (χ0n) is 9.16. The average Bonchev–Trinajstić information content (AvgIpc) is 2.73. The predicted molar refractivity (Wildman–Crippen MR) is 60.8 cm³/mol. The molecule has 0 radical (unpaired) electrons. The highest BCUT2D eigenvalue weighted by atomic mass is 19.1. The minimum absolute atomic E-state index is 0.0390. The molecule has 1 aliphatic heterocycles. The smallest absolute Gasteiger partial charge is 0.220 e. The van der Waals surface area contributed by atoms with Gasteiger partial charge in [-0.15, -0.1) is 0 Å². The number of nitrogens with one attached hydrogen (secondary N) is 2. The van der Waals surface area contributed by atoms with E-state index >= 15 is 0 Å². The van der Waals surface area contributed by atoms with Crippen molar-refractivity contribution in [3.05, 3.63) is 29.6 Å². The van der Waals surface area contributed by atoms with Crippen LogP contribution in [0.4, 0.5) is 10.1 Å². The Morgan fingerprint density at radius 3 is 3.00 bits per heavy atom. The summed E-state index contributed by atoms with van der Waals surface area (Å²) < 4.78 is 13.5. The summed E-state index contributed by atoms with van der Waals surface area (Å²) in [6, 6.07) is 6.20. The topological polar surface area (TPSA) is 64.9 Å². The van der Waals surface area contributed by atoms with Gasteiger partial charge in [-0.05, 0) is 24.6 Å². The van der Waals surface area contributed by atoms with E-state index in [9.17, 15) is 9.18 Å². The molecule has 17 heavy (non-hydrogen) atoms. The van der Waals surface area contributed by atoms with Gasteiger partial charge in [-0.25, -0.2) is 4.39 Å². The van der Waals surface area contributed by atoms with Crippen molar-refractivity contribution >= 4 is 11.6 Å². The van der Waals surface area contributed by atoms with Gasteiger partial charge in [0.2, 0.25) is 5.91 Å². The Morgan fingerprint density at radius 2 is 2.41 bits per heavy atom. The minimum atomic E-state index is -0.451. The van der Waals surface area contributed by atoms with Crippen molar-refractivity contribution in [2.75, 3.05) is 11.9 Å². The van der Waals surface area contributed by atoms with Crippen molar-refractivity contribution in [1.82, 2.24) is 5.32 Å². The Morgan fingerprint density at radius 1 is 1.59 bits per heavy atom. The lowest BCUT2D eigenvalue weighted by molar-refractivity contribution is -0.119. The van der Waals surface area contributed by atoms with Gasteiger partial charge < -0.3 is 10.6 Å². The number of carbonyl (C=O) groups is 1. The average molecular weight is 233 g/mol. The van der Waals surface area contributed by atoms with Gasteiger partial charge in [0.15, 0.2) is 0 Å². The lowest BCUT2D eigenvalue weighted by atomic mass is 10.2. The maximum atomic E-state index is 13.5. The SMILES string of the molecule is N#Cc1ccc(NCC2CCC(=O)N2)c(F)c1. The van der Waals surface area contributed by atoms with E-state index in [-0.39, 0.29) is 11.9 Å². The first kappa shape index (κ1) is 11.4. The molecule has 1 aromatic carbocycles. The molecule has 1 heterocycles. The van der Waals surface area contributed by atoms with Crippen molar-refractivity contribution in [1.29, 1.82) is 5.26 Å². The summed E-state index contributed by atoms with van der Waals surface area (Å²) in [4.78, 5) is 11.0. The molecule has 1 atom stereocenters. The standard InChI is InChI=1S/C12H12FN3O/c13-10-5-8(6-14)1-3-11(10)15-7-9-2-4-12(17)16-9/h1,3,5,9,15H,2,4,7H2,(H,16,17). The van der Waals surface area contributed by atoms with Crippen LogP contribution in [0.1, 0.15) is 18.4 Å². The van der Waals surface area contributed by atoms with E-state index in [0.29, 0.717) is 24.2 Å². The fourth-order valence-corrected chi connectivity index (χ4v) is 1.79. The van der Waals surface area contributed by atoms with Crippen molar-refractivity contribution in [3.63, 3.8) is 0 Å². The molecule has 88 valence electrons. The van der Waals surface area contributed by atoms with Crippen LogP contribution in [-0.2, 0) is 4.79 Å².